The lowest BCUT2D eigenvalue weighted by molar-refractivity contribution is -0.154. The molecule has 3 aromatic carbocycles. The molecule has 4 amide bonds. The number of esters is 1. The van der Waals surface area contributed by atoms with Crippen LogP contribution in [0.15, 0.2) is 72.8 Å². The molecule has 0 saturated heterocycles. The van der Waals surface area contributed by atoms with Crippen LogP contribution >= 0.6 is 0 Å². The van der Waals surface area contributed by atoms with Crippen molar-refractivity contribution >= 4 is 46.8 Å². The smallest absolute Gasteiger partial charge is 0.311 e. The molecule has 0 aromatic heterocycles. The molecule has 290 valence electrons. The quantitative estimate of drug-likeness (QED) is 0.119. The molecule has 4 rings (SSSR count). The van der Waals surface area contributed by atoms with Crippen LogP contribution in [0.1, 0.15) is 95.9 Å². The van der Waals surface area contributed by atoms with Crippen LogP contribution in [0, 0.1) is 29.1 Å². The van der Waals surface area contributed by atoms with Crippen LogP contribution < -0.4 is 20.9 Å². The monoisotopic (exact) mass is 748 g/mol. The zero-order valence-corrected chi connectivity index (χ0v) is 32.6. The number of nitrogens with one attached hydrogen (secondary N) is 3. The van der Waals surface area contributed by atoms with Crippen LogP contribution in [0.4, 0.5) is 11.4 Å². The van der Waals surface area contributed by atoms with Crippen molar-refractivity contribution in [3.05, 3.63) is 95.1 Å². The molecule has 3 aromatic rings. The van der Waals surface area contributed by atoms with E-state index in [9.17, 15) is 28.8 Å². The summed E-state index contributed by atoms with van der Waals surface area (Å²) in [5.74, 6) is 3.81. The number of carbonyl (C=O) groups is 6. The Kier molecular flexibility index (Phi) is 14.9. The van der Waals surface area contributed by atoms with Crippen LogP contribution in [0.3, 0.4) is 0 Å². The van der Waals surface area contributed by atoms with Gasteiger partial charge in [-0.2, -0.15) is 0 Å². The highest BCUT2D eigenvalue weighted by Crippen LogP contribution is 2.26. The van der Waals surface area contributed by atoms with Crippen molar-refractivity contribution < 1.29 is 33.5 Å². The van der Waals surface area contributed by atoms with Gasteiger partial charge in [-0.25, -0.2) is 0 Å². The maximum Gasteiger partial charge on any atom is 0.311 e. The molecular weight excluding hydrogens is 697 g/mol. The van der Waals surface area contributed by atoms with Gasteiger partial charge < -0.3 is 25.6 Å². The van der Waals surface area contributed by atoms with Crippen molar-refractivity contribution in [1.29, 1.82) is 0 Å². The summed E-state index contributed by atoms with van der Waals surface area (Å²) in [5, 5.41) is 8.39. The van der Waals surface area contributed by atoms with Crippen molar-refractivity contribution in [1.82, 2.24) is 10.6 Å². The van der Waals surface area contributed by atoms with Gasteiger partial charge in [0.25, 0.3) is 0 Å². The van der Waals surface area contributed by atoms with Crippen LogP contribution in [0.5, 0.6) is 0 Å². The zero-order valence-electron chi connectivity index (χ0n) is 32.6. The summed E-state index contributed by atoms with van der Waals surface area (Å²) in [6.45, 7) is 11.3. The average Bonchev–Trinajstić information content (AvgIpc) is 3.13. The van der Waals surface area contributed by atoms with E-state index < -0.39 is 17.4 Å². The van der Waals surface area contributed by atoms with Crippen molar-refractivity contribution in [3.63, 3.8) is 0 Å². The van der Waals surface area contributed by atoms with Gasteiger partial charge in [0, 0.05) is 55.0 Å². The normalized spacial score (nSPS) is 13.0. The summed E-state index contributed by atoms with van der Waals surface area (Å²) in [4.78, 5) is 78.7. The molecule has 0 fully saturated rings. The molecule has 1 aliphatic heterocycles. The third-order valence-corrected chi connectivity index (χ3v) is 9.13. The summed E-state index contributed by atoms with van der Waals surface area (Å²) in [6.07, 6.45) is 0.399. The van der Waals surface area contributed by atoms with Gasteiger partial charge in [-0.15, -0.1) is 0 Å². The van der Waals surface area contributed by atoms with Crippen LogP contribution in [0.25, 0.3) is 0 Å². The van der Waals surface area contributed by atoms with Crippen LogP contribution in [-0.2, 0) is 46.7 Å². The summed E-state index contributed by atoms with van der Waals surface area (Å²) in [5.41, 5.74) is 4.01. The molecule has 1 heterocycles. The van der Waals surface area contributed by atoms with Gasteiger partial charge in [0.15, 0.2) is 5.78 Å². The minimum absolute atomic E-state index is 0.0370. The van der Waals surface area contributed by atoms with E-state index in [1.54, 1.807) is 56.9 Å². The summed E-state index contributed by atoms with van der Waals surface area (Å²) in [7, 11) is 0. The van der Waals surface area contributed by atoms with E-state index in [0.29, 0.717) is 12.2 Å². The predicted molar refractivity (Wildman–Crippen MR) is 211 cm³/mol. The number of hydrogen-bond donors (Lipinski definition) is 3. The fraction of sp³-hybridized carbons (Fsp3) is 0.409. The third-order valence-electron chi connectivity index (χ3n) is 9.13. The Morgan fingerprint density at radius 1 is 0.800 bits per heavy atom. The minimum atomic E-state index is -0.788. The van der Waals surface area contributed by atoms with Crippen LogP contribution in [0.2, 0.25) is 0 Å². The fourth-order valence-electron chi connectivity index (χ4n) is 5.85. The van der Waals surface area contributed by atoms with E-state index in [4.69, 9.17) is 4.74 Å². The third kappa shape index (κ3) is 12.7. The van der Waals surface area contributed by atoms with E-state index in [0.717, 1.165) is 27.9 Å². The maximum atomic E-state index is 13.4. The lowest BCUT2D eigenvalue weighted by Crippen LogP contribution is -2.45. The number of Topliss-reactive ketones (excluding diaryl/α,β-unsaturated/α-hetero) is 1. The number of fused-ring (bicyclic) bond motifs is 2. The van der Waals surface area contributed by atoms with E-state index in [2.05, 4.69) is 27.8 Å². The number of benzene rings is 3. The number of nitrogens with zero attached hydrogens (tertiary/aromatic N) is 1. The predicted octanol–water partition coefficient (Wildman–Crippen LogP) is 6.07. The highest BCUT2D eigenvalue weighted by atomic mass is 16.5. The van der Waals surface area contributed by atoms with Gasteiger partial charge >= 0.3 is 5.97 Å². The molecule has 0 radical (unpaired) electrons. The first-order valence-electron chi connectivity index (χ1n) is 18.8. The summed E-state index contributed by atoms with van der Waals surface area (Å²) < 4.78 is 5.33. The number of anilines is 2. The Balaban J connectivity index is 1.18. The topological polar surface area (TPSA) is 151 Å². The van der Waals surface area contributed by atoms with Crippen LogP contribution in [-0.4, -0.2) is 48.0 Å². The van der Waals surface area contributed by atoms with E-state index >= 15 is 0 Å². The molecule has 0 unspecified atom stereocenters. The van der Waals surface area contributed by atoms with E-state index in [-0.39, 0.29) is 86.6 Å². The Hall–Kier alpha value is -5.76. The number of ketones is 1. The second-order valence-corrected chi connectivity index (χ2v) is 15.2. The van der Waals surface area contributed by atoms with Gasteiger partial charge in [-0.05, 0) is 74.6 Å². The van der Waals surface area contributed by atoms with E-state index in [1.807, 2.05) is 62.4 Å². The molecule has 0 aliphatic carbocycles. The van der Waals surface area contributed by atoms with Gasteiger partial charge in [-0.1, -0.05) is 75.1 Å². The second-order valence-electron chi connectivity index (χ2n) is 15.2. The fourth-order valence-corrected chi connectivity index (χ4v) is 5.85. The standard InChI is InChI=1S/C44H52N4O7/c1-29(2)41(37(49)26-30(3)42(53)46-35-22-18-31(19-23-35)28-55-43(54)44(4,5)6)47-39(51)17-11-16-38(50)45-25-24-40(52)48-27-34-14-8-7-12-32(34)20-21-33-13-9-10-15-36(33)48/h7-10,12-15,18-19,22-23,29-30,41H,11,16-17,24-28H2,1-6H3,(H,45,50)(H,46,53)(H,47,51)/t30-,41+/m1/s1. The Labute approximate surface area is 324 Å². The first kappa shape index (κ1) is 42.0. The lowest BCUT2D eigenvalue weighted by Gasteiger charge is -2.26. The number of hydrogen-bond acceptors (Lipinski definition) is 7. The minimum Gasteiger partial charge on any atom is -0.460 e. The molecule has 2 atom stereocenters. The number of carbonyl (C=O) groups excluding carboxylic acids is 6. The number of ether oxygens (including phenoxy) is 1. The lowest BCUT2D eigenvalue weighted by atomic mass is 9.92. The molecule has 1 aliphatic rings. The Morgan fingerprint density at radius 2 is 1.44 bits per heavy atom. The Morgan fingerprint density at radius 3 is 2.13 bits per heavy atom. The molecular formula is C44H52N4O7. The van der Waals surface area contributed by atoms with Crippen molar-refractivity contribution in [2.75, 3.05) is 16.8 Å². The molecule has 0 spiro atoms. The van der Waals surface area contributed by atoms with Crippen molar-refractivity contribution in [2.24, 2.45) is 17.3 Å². The SMILES string of the molecule is CC(C)[C@H](NC(=O)CCCC(=O)NCCC(=O)N1Cc2ccccc2C#Cc2ccccc21)C(=O)C[C@@H](C)C(=O)Nc1ccc(COC(=O)C(C)(C)C)cc1. The van der Waals surface area contributed by atoms with Gasteiger partial charge in [0.2, 0.25) is 23.6 Å². The van der Waals surface area contributed by atoms with Gasteiger partial charge in [0.05, 0.1) is 23.7 Å². The summed E-state index contributed by atoms with van der Waals surface area (Å²) >= 11 is 0. The van der Waals surface area contributed by atoms with Crippen molar-refractivity contribution in [3.8, 4) is 11.8 Å². The zero-order chi connectivity index (χ0) is 40.1. The van der Waals surface area contributed by atoms with Gasteiger partial charge in [0.1, 0.15) is 6.61 Å². The molecule has 0 saturated carbocycles. The Bertz CT molecular complexity index is 1940. The molecule has 11 heteroatoms. The highest BCUT2D eigenvalue weighted by Gasteiger charge is 2.28. The first-order valence-corrected chi connectivity index (χ1v) is 18.8. The molecule has 3 N–H and O–H groups in total. The summed E-state index contributed by atoms with van der Waals surface area (Å²) in [6, 6.07) is 21.4. The number of rotatable bonds is 16. The van der Waals surface area contributed by atoms with E-state index in [1.165, 1.54) is 0 Å². The van der Waals surface area contributed by atoms with Gasteiger partial charge in [-0.3, -0.25) is 28.8 Å². The average molecular weight is 749 g/mol. The molecule has 55 heavy (non-hydrogen) atoms. The van der Waals surface area contributed by atoms with Crippen molar-refractivity contribution in [2.45, 2.75) is 92.8 Å². The molecule has 11 nitrogen and oxygen atoms in total. The maximum absolute atomic E-state index is 13.4. The largest absolute Gasteiger partial charge is 0.460 e. The second kappa shape index (κ2) is 19.5. The number of para-hydroxylation sites is 1. The first-order chi connectivity index (χ1) is 26.1. The molecule has 0 bridgehead atoms. The highest BCUT2D eigenvalue weighted by molar-refractivity contribution is 5.97. The number of amides is 4.